The molecule has 0 saturated heterocycles. The zero-order valence-corrected chi connectivity index (χ0v) is 6.94. The molecule has 0 aliphatic heterocycles. The van der Waals surface area contributed by atoms with Gasteiger partial charge in [-0.3, -0.25) is 4.52 Å². The highest BCUT2D eigenvalue weighted by Gasteiger charge is 2.27. The van der Waals surface area contributed by atoms with Crippen molar-refractivity contribution in [2.45, 2.75) is 5.60 Å². The summed E-state index contributed by atoms with van der Waals surface area (Å²) < 4.78 is 14.0. The molecule has 0 bridgehead atoms. The summed E-state index contributed by atoms with van der Waals surface area (Å²) in [5.74, 6) is 1.74. The van der Waals surface area contributed by atoms with Gasteiger partial charge in [0.1, 0.15) is 6.61 Å². The number of rotatable bonds is 4. The lowest BCUT2D eigenvalue weighted by atomic mass is 10.1. The van der Waals surface area contributed by atoms with Gasteiger partial charge in [-0.25, -0.2) is 4.57 Å². The third kappa shape index (κ3) is 4.46. The summed E-state index contributed by atoms with van der Waals surface area (Å²) in [4.78, 5) is 16.4. The van der Waals surface area contributed by atoms with Gasteiger partial charge in [0.05, 0.1) is 6.61 Å². The van der Waals surface area contributed by atoms with Crippen molar-refractivity contribution in [1.82, 2.24) is 0 Å². The number of phosphoric ester groups is 1. The number of aliphatic hydroxyl groups is 2. The molecule has 6 nitrogen and oxygen atoms in total. The van der Waals surface area contributed by atoms with Crippen LogP contribution in [0.15, 0.2) is 0 Å². The van der Waals surface area contributed by atoms with Crippen LogP contribution in [0.4, 0.5) is 0 Å². The summed E-state index contributed by atoms with van der Waals surface area (Å²) in [7, 11) is -4.66. The maximum absolute atomic E-state index is 10.1. The summed E-state index contributed by atoms with van der Waals surface area (Å²) in [6.45, 7) is -1.65. The van der Waals surface area contributed by atoms with Crippen molar-refractivity contribution in [3.05, 3.63) is 0 Å². The number of terminal acetylenes is 1. The van der Waals surface area contributed by atoms with Gasteiger partial charge in [0, 0.05) is 0 Å². The van der Waals surface area contributed by atoms with E-state index in [1.165, 1.54) is 0 Å². The van der Waals surface area contributed by atoms with Crippen LogP contribution in [0, 0.1) is 12.3 Å². The molecule has 0 fully saturated rings. The fourth-order valence-corrected chi connectivity index (χ4v) is 0.706. The lowest BCUT2D eigenvalue weighted by Crippen LogP contribution is -2.36. The Bertz CT molecular complexity index is 227. The van der Waals surface area contributed by atoms with Gasteiger partial charge in [-0.1, -0.05) is 5.92 Å². The largest absolute Gasteiger partial charge is 0.469 e. The van der Waals surface area contributed by atoms with Gasteiger partial charge >= 0.3 is 7.82 Å². The molecule has 1 atom stereocenters. The molecule has 7 heteroatoms. The lowest BCUT2D eigenvalue weighted by Gasteiger charge is -2.18. The minimum Gasteiger partial charge on any atom is -0.392 e. The molecule has 0 rings (SSSR count). The van der Waals surface area contributed by atoms with E-state index in [2.05, 4.69) is 4.52 Å². The summed E-state index contributed by atoms with van der Waals surface area (Å²) in [6, 6.07) is 0. The zero-order chi connectivity index (χ0) is 9.83. The van der Waals surface area contributed by atoms with Gasteiger partial charge in [-0.15, -0.1) is 6.42 Å². The van der Waals surface area contributed by atoms with E-state index in [1.54, 1.807) is 5.92 Å². The van der Waals surface area contributed by atoms with Crippen molar-refractivity contribution >= 4 is 7.82 Å². The highest BCUT2D eigenvalue weighted by Crippen LogP contribution is 2.36. The first-order chi connectivity index (χ1) is 5.33. The Hall–Kier alpha value is -0.410. The van der Waals surface area contributed by atoms with Crippen LogP contribution in [0.1, 0.15) is 0 Å². The van der Waals surface area contributed by atoms with E-state index in [-0.39, 0.29) is 0 Å². The second kappa shape index (κ2) is 4.01. The Morgan fingerprint density at radius 2 is 2.08 bits per heavy atom. The Morgan fingerprint density at radius 1 is 1.58 bits per heavy atom. The standard InChI is InChI=1S/C5H9O6P/c1-2-5(7,3-6)4-11-12(8,9)10/h1,6-7H,3-4H2,(H2,8,9,10)/t5-/m0/s1. The molecule has 0 aliphatic rings. The van der Waals surface area contributed by atoms with E-state index < -0.39 is 26.6 Å². The predicted molar refractivity (Wildman–Crippen MR) is 38.9 cm³/mol. The molecule has 0 amide bonds. The van der Waals surface area contributed by atoms with Crippen molar-refractivity contribution in [1.29, 1.82) is 0 Å². The normalized spacial score (nSPS) is 16.6. The van der Waals surface area contributed by atoms with Gasteiger partial charge in [0.15, 0.2) is 5.60 Å². The first-order valence-electron chi connectivity index (χ1n) is 2.84. The van der Waals surface area contributed by atoms with Crippen LogP contribution in [0.3, 0.4) is 0 Å². The van der Waals surface area contributed by atoms with Gasteiger partial charge < -0.3 is 20.0 Å². The molecule has 0 aromatic carbocycles. The Morgan fingerprint density at radius 3 is 2.33 bits per heavy atom. The average molecular weight is 196 g/mol. The summed E-state index contributed by atoms with van der Waals surface area (Å²) in [5.41, 5.74) is -2.04. The van der Waals surface area contributed by atoms with Crippen molar-refractivity contribution < 1.29 is 29.1 Å². The molecule has 0 heterocycles. The molecular weight excluding hydrogens is 187 g/mol. The van der Waals surface area contributed by atoms with E-state index in [0.29, 0.717) is 0 Å². The fourth-order valence-electron chi connectivity index (χ4n) is 0.324. The maximum Gasteiger partial charge on any atom is 0.469 e. The Kier molecular flexibility index (Phi) is 3.87. The molecule has 4 N–H and O–H groups in total. The van der Waals surface area contributed by atoms with Gasteiger partial charge in [0.25, 0.3) is 0 Å². The van der Waals surface area contributed by atoms with E-state index in [0.717, 1.165) is 0 Å². The molecule has 0 aromatic heterocycles. The monoisotopic (exact) mass is 196 g/mol. The van der Waals surface area contributed by atoms with E-state index in [9.17, 15) is 4.57 Å². The molecule has 0 saturated carbocycles. The van der Waals surface area contributed by atoms with E-state index in [4.69, 9.17) is 26.4 Å². The van der Waals surface area contributed by atoms with Crippen LogP contribution >= 0.6 is 7.82 Å². The topological polar surface area (TPSA) is 107 Å². The molecule has 12 heavy (non-hydrogen) atoms. The maximum atomic E-state index is 10.1. The lowest BCUT2D eigenvalue weighted by molar-refractivity contribution is -0.00932. The van der Waals surface area contributed by atoms with Crippen molar-refractivity contribution in [2.75, 3.05) is 13.2 Å². The number of aliphatic hydroxyl groups excluding tert-OH is 1. The van der Waals surface area contributed by atoms with Gasteiger partial charge in [-0.2, -0.15) is 0 Å². The van der Waals surface area contributed by atoms with Gasteiger partial charge in [-0.05, 0) is 0 Å². The second-order valence-electron chi connectivity index (χ2n) is 2.10. The van der Waals surface area contributed by atoms with Crippen molar-refractivity contribution in [3.63, 3.8) is 0 Å². The van der Waals surface area contributed by atoms with Gasteiger partial charge in [0.2, 0.25) is 0 Å². The quantitative estimate of drug-likeness (QED) is 0.320. The molecule has 0 unspecified atom stereocenters. The third-order valence-electron chi connectivity index (χ3n) is 1.00. The van der Waals surface area contributed by atoms with E-state index >= 15 is 0 Å². The highest BCUT2D eigenvalue weighted by atomic mass is 31.2. The van der Waals surface area contributed by atoms with Crippen LogP contribution in [0.5, 0.6) is 0 Å². The first-order valence-corrected chi connectivity index (χ1v) is 4.37. The second-order valence-corrected chi connectivity index (χ2v) is 3.34. The SMILES string of the molecule is C#C[C@](O)(CO)COP(=O)(O)O. The van der Waals surface area contributed by atoms with Crippen molar-refractivity contribution in [3.8, 4) is 12.3 Å². The highest BCUT2D eigenvalue weighted by molar-refractivity contribution is 7.46. The fraction of sp³-hybridized carbons (Fsp3) is 0.600. The van der Waals surface area contributed by atoms with Crippen LogP contribution in [-0.4, -0.2) is 38.8 Å². The number of phosphoric acid groups is 1. The minimum absolute atomic E-state index is 0.815. The van der Waals surface area contributed by atoms with Crippen LogP contribution in [0.2, 0.25) is 0 Å². The molecule has 0 aromatic rings. The minimum atomic E-state index is -4.66. The Labute approximate surface area is 69.0 Å². The van der Waals surface area contributed by atoms with Crippen LogP contribution in [-0.2, 0) is 9.09 Å². The third-order valence-corrected chi connectivity index (χ3v) is 1.47. The summed E-state index contributed by atoms with van der Waals surface area (Å²) in [6.07, 6.45) is 4.75. The molecule has 0 aliphatic carbocycles. The molecule has 70 valence electrons. The average Bonchev–Trinajstić information content (AvgIpc) is 1.99. The number of hydrogen-bond donors (Lipinski definition) is 4. The van der Waals surface area contributed by atoms with Crippen LogP contribution < -0.4 is 0 Å². The molecule has 0 spiro atoms. The Balaban J connectivity index is 4.10. The smallest absolute Gasteiger partial charge is 0.392 e. The summed E-state index contributed by atoms with van der Waals surface area (Å²) >= 11 is 0. The molecular formula is C5H9O6P. The van der Waals surface area contributed by atoms with E-state index in [1.807, 2.05) is 0 Å². The summed E-state index contributed by atoms with van der Waals surface area (Å²) in [5, 5.41) is 17.5. The van der Waals surface area contributed by atoms with Crippen molar-refractivity contribution in [2.24, 2.45) is 0 Å². The first kappa shape index (κ1) is 11.6. The predicted octanol–water partition coefficient (Wildman–Crippen LogP) is -1.55. The zero-order valence-electron chi connectivity index (χ0n) is 6.04. The number of hydrogen-bond acceptors (Lipinski definition) is 4. The molecule has 0 radical (unpaired) electrons. The van der Waals surface area contributed by atoms with Crippen LogP contribution in [0.25, 0.3) is 0 Å².